The van der Waals surface area contributed by atoms with Gasteiger partial charge in [-0.2, -0.15) is 26.3 Å². The standard InChI is InChI=1S/C26H26F6N4O2/c1-34(2)15-23(37)35-7-8-36(20(14-35)11-17-13-33-22-6-4-3-5-21(17)22)24(38)16-9-18(25(27,28)29)12-19(10-16)26(30,31)32/h3-6,9-10,12-13,20,33H,7-8,11,14-15H2,1-2H3/t20-/m1/s1. The number of nitrogens with zero attached hydrogens (tertiary/aromatic N) is 3. The number of hydrogen-bond donors (Lipinski definition) is 1. The van der Waals surface area contributed by atoms with Crippen LogP contribution in [0.1, 0.15) is 27.0 Å². The number of alkyl halides is 6. The molecule has 1 fully saturated rings. The highest BCUT2D eigenvalue weighted by Crippen LogP contribution is 2.37. The third-order valence-electron chi connectivity index (χ3n) is 6.51. The van der Waals surface area contributed by atoms with Crippen molar-refractivity contribution in [2.24, 2.45) is 0 Å². The Hall–Kier alpha value is -3.54. The van der Waals surface area contributed by atoms with Crippen molar-refractivity contribution >= 4 is 22.7 Å². The molecular formula is C26H26F6N4O2. The molecule has 2 amide bonds. The number of aromatic nitrogens is 1. The number of rotatable bonds is 5. The maximum Gasteiger partial charge on any atom is 0.416 e. The zero-order chi connectivity index (χ0) is 27.8. The van der Waals surface area contributed by atoms with Gasteiger partial charge in [-0.15, -0.1) is 0 Å². The number of likely N-dealkylation sites (N-methyl/N-ethyl adjacent to an activating group) is 1. The Balaban J connectivity index is 1.70. The number of carbonyl (C=O) groups excluding carboxylic acids is 2. The lowest BCUT2D eigenvalue weighted by Gasteiger charge is -2.42. The highest BCUT2D eigenvalue weighted by Gasteiger charge is 2.39. The zero-order valence-electron chi connectivity index (χ0n) is 20.7. The van der Waals surface area contributed by atoms with E-state index in [0.717, 1.165) is 16.5 Å². The molecule has 0 bridgehead atoms. The molecule has 1 N–H and O–H groups in total. The van der Waals surface area contributed by atoms with Crippen LogP contribution in [0, 0.1) is 0 Å². The van der Waals surface area contributed by atoms with Gasteiger partial charge >= 0.3 is 12.4 Å². The second-order valence-corrected chi connectivity index (χ2v) is 9.59. The maximum atomic E-state index is 13.5. The number of H-pyrrole nitrogens is 1. The molecule has 1 saturated heterocycles. The van der Waals surface area contributed by atoms with E-state index < -0.39 is 41.0 Å². The van der Waals surface area contributed by atoms with Gasteiger partial charge in [-0.05, 0) is 50.3 Å². The fourth-order valence-electron chi connectivity index (χ4n) is 4.69. The number of aromatic amines is 1. The summed E-state index contributed by atoms with van der Waals surface area (Å²) < 4.78 is 80.5. The fraction of sp³-hybridized carbons (Fsp3) is 0.385. The molecule has 2 aromatic carbocycles. The SMILES string of the molecule is CN(C)CC(=O)N1CCN(C(=O)c2cc(C(F)(F)F)cc(C(F)(F)F)c2)[C@H](Cc2c[nH]c3ccccc23)C1. The molecule has 1 aliphatic rings. The van der Waals surface area contributed by atoms with Crippen molar-refractivity contribution < 1.29 is 35.9 Å². The van der Waals surface area contributed by atoms with Gasteiger partial charge in [0.25, 0.3) is 5.91 Å². The zero-order valence-corrected chi connectivity index (χ0v) is 20.7. The maximum absolute atomic E-state index is 13.5. The number of piperazine rings is 1. The highest BCUT2D eigenvalue weighted by atomic mass is 19.4. The monoisotopic (exact) mass is 540 g/mol. The first-order valence-corrected chi connectivity index (χ1v) is 11.8. The van der Waals surface area contributed by atoms with E-state index in [-0.39, 0.29) is 44.6 Å². The van der Waals surface area contributed by atoms with Crippen LogP contribution in [0.3, 0.4) is 0 Å². The van der Waals surface area contributed by atoms with Crippen molar-refractivity contribution in [3.8, 4) is 0 Å². The average Bonchev–Trinajstić information content (AvgIpc) is 3.24. The fourth-order valence-corrected chi connectivity index (χ4v) is 4.69. The van der Waals surface area contributed by atoms with E-state index in [1.807, 2.05) is 24.3 Å². The van der Waals surface area contributed by atoms with Crippen LogP contribution in [-0.4, -0.2) is 77.8 Å². The van der Waals surface area contributed by atoms with Gasteiger partial charge < -0.3 is 19.7 Å². The number of fused-ring (bicyclic) bond motifs is 1. The Morgan fingerprint density at radius 2 is 1.61 bits per heavy atom. The lowest BCUT2D eigenvalue weighted by Crippen LogP contribution is -2.58. The van der Waals surface area contributed by atoms with Gasteiger partial charge in [-0.25, -0.2) is 0 Å². The van der Waals surface area contributed by atoms with Crippen molar-refractivity contribution in [3.63, 3.8) is 0 Å². The van der Waals surface area contributed by atoms with E-state index >= 15 is 0 Å². The molecule has 0 radical (unpaired) electrons. The van der Waals surface area contributed by atoms with Gasteiger partial charge in [0.1, 0.15) is 0 Å². The van der Waals surface area contributed by atoms with E-state index in [2.05, 4.69) is 4.98 Å². The van der Waals surface area contributed by atoms with E-state index in [1.165, 1.54) is 4.90 Å². The molecule has 0 spiro atoms. The van der Waals surface area contributed by atoms with E-state index in [9.17, 15) is 35.9 Å². The van der Waals surface area contributed by atoms with E-state index in [1.54, 1.807) is 30.1 Å². The largest absolute Gasteiger partial charge is 0.416 e. The number of hydrogen-bond acceptors (Lipinski definition) is 3. The molecule has 0 aliphatic carbocycles. The van der Waals surface area contributed by atoms with Crippen LogP contribution in [-0.2, 0) is 23.6 Å². The Labute approximate surface area is 214 Å². The van der Waals surface area contributed by atoms with E-state index in [4.69, 9.17) is 0 Å². The van der Waals surface area contributed by atoms with Gasteiger partial charge in [0.2, 0.25) is 5.91 Å². The molecule has 204 valence electrons. The summed E-state index contributed by atoms with van der Waals surface area (Å²) in [6.45, 7) is 0.274. The summed E-state index contributed by atoms with van der Waals surface area (Å²) in [7, 11) is 3.46. The number of benzene rings is 2. The predicted molar refractivity (Wildman–Crippen MR) is 128 cm³/mol. The third-order valence-corrected chi connectivity index (χ3v) is 6.51. The Bertz CT molecular complexity index is 1300. The summed E-state index contributed by atoms with van der Waals surface area (Å²) >= 11 is 0. The lowest BCUT2D eigenvalue weighted by molar-refractivity contribution is -0.143. The number of amides is 2. The molecule has 0 saturated carbocycles. The summed E-state index contributed by atoms with van der Waals surface area (Å²) in [5, 5.41) is 0.870. The Morgan fingerprint density at radius 3 is 2.21 bits per heavy atom. The van der Waals surface area contributed by atoms with Gasteiger partial charge in [-0.1, -0.05) is 18.2 Å². The number of para-hydroxylation sites is 1. The smallest absolute Gasteiger partial charge is 0.361 e. The number of nitrogens with one attached hydrogen (secondary N) is 1. The van der Waals surface area contributed by atoms with Crippen LogP contribution in [0.5, 0.6) is 0 Å². The van der Waals surface area contributed by atoms with Crippen LogP contribution < -0.4 is 0 Å². The first-order chi connectivity index (χ1) is 17.7. The molecule has 1 atom stereocenters. The quantitative estimate of drug-likeness (QED) is 0.479. The van der Waals surface area contributed by atoms with Crippen molar-refractivity contribution in [2.75, 3.05) is 40.3 Å². The van der Waals surface area contributed by atoms with Gasteiger partial charge in [0.15, 0.2) is 0 Å². The normalized spacial score (nSPS) is 16.9. The molecule has 4 rings (SSSR count). The van der Waals surface area contributed by atoms with Crippen molar-refractivity contribution in [1.82, 2.24) is 19.7 Å². The molecule has 0 unspecified atom stereocenters. The first-order valence-electron chi connectivity index (χ1n) is 11.8. The minimum Gasteiger partial charge on any atom is -0.361 e. The van der Waals surface area contributed by atoms with Crippen LogP contribution in [0.25, 0.3) is 10.9 Å². The van der Waals surface area contributed by atoms with Crippen molar-refractivity contribution in [1.29, 1.82) is 0 Å². The highest BCUT2D eigenvalue weighted by molar-refractivity contribution is 5.95. The molecule has 1 aromatic heterocycles. The van der Waals surface area contributed by atoms with Crippen molar-refractivity contribution in [2.45, 2.75) is 24.8 Å². The molecule has 6 nitrogen and oxygen atoms in total. The average molecular weight is 541 g/mol. The van der Waals surface area contributed by atoms with Crippen molar-refractivity contribution in [3.05, 3.63) is 70.9 Å². The Morgan fingerprint density at radius 1 is 0.974 bits per heavy atom. The van der Waals surface area contributed by atoms with Gasteiger partial charge in [-0.3, -0.25) is 9.59 Å². The minimum absolute atomic E-state index is 0.00193. The predicted octanol–water partition coefficient (Wildman–Crippen LogP) is 4.66. The summed E-state index contributed by atoms with van der Waals surface area (Å²) in [5.74, 6) is -1.14. The first kappa shape index (κ1) is 27.5. The number of carbonyl (C=O) groups is 2. The summed E-state index contributed by atoms with van der Waals surface area (Å²) in [6.07, 6.45) is -8.15. The Kier molecular flexibility index (Phi) is 7.46. The van der Waals surface area contributed by atoms with Crippen LogP contribution >= 0.6 is 0 Å². The topological polar surface area (TPSA) is 59.7 Å². The third kappa shape index (κ3) is 5.95. The lowest BCUT2D eigenvalue weighted by atomic mass is 9.98. The van der Waals surface area contributed by atoms with Crippen LogP contribution in [0.2, 0.25) is 0 Å². The molecule has 2 heterocycles. The summed E-state index contributed by atoms with van der Waals surface area (Å²) in [6, 6.07) is 7.62. The van der Waals surface area contributed by atoms with Gasteiger partial charge in [0.05, 0.1) is 23.7 Å². The van der Waals surface area contributed by atoms with Crippen LogP contribution in [0.4, 0.5) is 26.3 Å². The second kappa shape index (κ2) is 10.3. The molecule has 3 aromatic rings. The molecule has 12 heteroatoms. The minimum atomic E-state index is -5.07. The second-order valence-electron chi connectivity index (χ2n) is 9.59. The van der Waals surface area contributed by atoms with E-state index in [0.29, 0.717) is 12.1 Å². The molecule has 38 heavy (non-hydrogen) atoms. The molecular weight excluding hydrogens is 514 g/mol. The van der Waals surface area contributed by atoms with Gasteiger partial charge in [0, 0.05) is 42.3 Å². The summed E-state index contributed by atoms with van der Waals surface area (Å²) in [5.41, 5.74) is -2.16. The van der Waals surface area contributed by atoms with Crippen LogP contribution in [0.15, 0.2) is 48.7 Å². The summed E-state index contributed by atoms with van der Waals surface area (Å²) in [4.78, 5) is 33.9. The molecule has 1 aliphatic heterocycles. The number of halogens is 6.